The Bertz CT molecular complexity index is 724. The third-order valence-corrected chi connectivity index (χ3v) is 3.56. The largest absolute Gasteiger partial charge is 0.298 e. The number of hydrogen-bond acceptors (Lipinski definition) is 4. The van der Waals surface area contributed by atoms with Crippen molar-refractivity contribution in [1.29, 1.82) is 0 Å². The van der Waals surface area contributed by atoms with Gasteiger partial charge in [0.05, 0.1) is 5.92 Å². The van der Waals surface area contributed by atoms with Gasteiger partial charge in [0.1, 0.15) is 6.29 Å². The van der Waals surface area contributed by atoms with Crippen LogP contribution in [0.4, 0.5) is 0 Å². The lowest BCUT2D eigenvalue weighted by Gasteiger charge is -2.22. The van der Waals surface area contributed by atoms with Gasteiger partial charge in [-0.3, -0.25) is 24.7 Å². The van der Waals surface area contributed by atoms with Crippen molar-refractivity contribution in [2.45, 2.75) is 18.8 Å². The van der Waals surface area contributed by atoms with Crippen LogP contribution in [0.1, 0.15) is 34.7 Å². The number of aromatic nitrogens is 1. The van der Waals surface area contributed by atoms with Crippen LogP contribution in [-0.2, 0) is 9.59 Å². The molecular weight excluding hydrogens is 256 g/mol. The van der Waals surface area contributed by atoms with E-state index in [0.717, 1.165) is 22.6 Å². The lowest BCUT2D eigenvalue weighted by Crippen LogP contribution is -2.39. The summed E-state index contributed by atoms with van der Waals surface area (Å²) in [5, 5.41) is 4.05. The summed E-state index contributed by atoms with van der Waals surface area (Å²) in [5.41, 5.74) is 1.27. The quantitative estimate of drug-likeness (QED) is 0.662. The second kappa shape index (κ2) is 4.85. The van der Waals surface area contributed by atoms with Crippen LogP contribution in [0.5, 0.6) is 0 Å². The molecule has 100 valence electrons. The molecule has 1 aromatic heterocycles. The minimum atomic E-state index is -0.417. The number of nitrogens with zero attached hydrogens (tertiary/aromatic N) is 1. The van der Waals surface area contributed by atoms with E-state index in [1.807, 2.05) is 0 Å². The van der Waals surface area contributed by atoms with Gasteiger partial charge in [-0.25, -0.2) is 0 Å². The smallest absolute Gasteiger partial charge is 0.234 e. The molecule has 3 rings (SSSR count). The number of amides is 2. The lowest BCUT2D eigenvalue weighted by atomic mass is 9.87. The molecule has 0 aliphatic carbocycles. The van der Waals surface area contributed by atoms with Gasteiger partial charge >= 0.3 is 0 Å². The van der Waals surface area contributed by atoms with E-state index >= 15 is 0 Å². The second-order valence-corrected chi connectivity index (χ2v) is 4.83. The Hall–Kier alpha value is -2.56. The predicted molar refractivity (Wildman–Crippen MR) is 72.3 cm³/mol. The van der Waals surface area contributed by atoms with Gasteiger partial charge < -0.3 is 0 Å². The molecule has 1 aliphatic rings. The SMILES string of the molecule is O=Cc1cc(C2CCC(=O)NC2=O)c2cnccc2c1. The predicted octanol–water partition coefficient (Wildman–Crippen LogP) is 1.57. The number of fused-ring (bicyclic) bond motifs is 1. The summed E-state index contributed by atoms with van der Waals surface area (Å²) < 4.78 is 0. The van der Waals surface area contributed by atoms with E-state index in [1.165, 1.54) is 0 Å². The molecule has 0 radical (unpaired) electrons. The monoisotopic (exact) mass is 268 g/mol. The van der Waals surface area contributed by atoms with E-state index in [9.17, 15) is 14.4 Å². The zero-order valence-corrected chi connectivity index (χ0v) is 10.6. The highest BCUT2D eigenvalue weighted by Gasteiger charge is 2.29. The first-order chi connectivity index (χ1) is 9.69. The summed E-state index contributed by atoms with van der Waals surface area (Å²) >= 11 is 0. The maximum atomic E-state index is 12.0. The van der Waals surface area contributed by atoms with Gasteiger partial charge in [0.2, 0.25) is 11.8 Å². The fourth-order valence-electron chi connectivity index (χ4n) is 2.60. The van der Waals surface area contributed by atoms with Crippen LogP contribution in [-0.4, -0.2) is 23.1 Å². The molecule has 2 amide bonds. The lowest BCUT2D eigenvalue weighted by molar-refractivity contribution is -0.134. The van der Waals surface area contributed by atoms with Gasteiger partial charge in [-0.2, -0.15) is 0 Å². The first-order valence-electron chi connectivity index (χ1n) is 6.35. The first-order valence-corrected chi connectivity index (χ1v) is 6.35. The number of imide groups is 1. The van der Waals surface area contributed by atoms with E-state index in [4.69, 9.17) is 0 Å². The molecule has 1 atom stereocenters. The average Bonchev–Trinajstić information content (AvgIpc) is 2.46. The van der Waals surface area contributed by atoms with Crippen LogP contribution in [0, 0.1) is 0 Å². The fourth-order valence-corrected chi connectivity index (χ4v) is 2.60. The highest BCUT2D eigenvalue weighted by atomic mass is 16.2. The molecule has 0 spiro atoms. The van der Waals surface area contributed by atoms with Gasteiger partial charge in [-0.05, 0) is 35.6 Å². The molecule has 1 aliphatic heterocycles. The third kappa shape index (κ3) is 2.07. The molecule has 20 heavy (non-hydrogen) atoms. The summed E-state index contributed by atoms with van der Waals surface area (Å²) in [6, 6.07) is 5.27. The normalized spacial score (nSPS) is 18.9. The molecule has 1 aromatic carbocycles. The summed E-state index contributed by atoms with van der Waals surface area (Å²) in [6.45, 7) is 0. The second-order valence-electron chi connectivity index (χ2n) is 4.83. The van der Waals surface area contributed by atoms with Crippen molar-refractivity contribution in [3.63, 3.8) is 0 Å². The van der Waals surface area contributed by atoms with Crippen molar-refractivity contribution >= 4 is 28.9 Å². The van der Waals surface area contributed by atoms with Crippen molar-refractivity contribution in [1.82, 2.24) is 10.3 Å². The highest BCUT2D eigenvalue weighted by molar-refractivity contribution is 6.03. The number of carbonyl (C=O) groups excluding carboxylic acids is 3. The van der Waals surface area contributed by atoms with Crippen LogP contribution < -0.4 is 5.32 Å². The Morgan fingerprint density at radius 3 is 2.90 bits per heavy atom. The van der Waals surface area contributed by atoms with Gasteiger partial charge in [-0.15, -0.1) is 0 Å². The number of carbonyl (C=O) groups is 3. The van der Waals surface area contributed by atoms with E-state index in [2.05, 4.69) is 10.3 Å². The zero-order chi connectivity index (χ0) is 14.1. The summed E-state index contributed by atoms with van der Waals surface area (Å²) in [6.07, 6.45) is 4.85. The molecule has 1 saturated heterocycles. The highest BCUT2D eigenvalue weighted by Crippen LogP contribution is 2.31. The van der Waals surface area contributed by atoms with Crippen molar-refractivity contribution < 1.29 is 14.4 Å². The first kappa shape index (κ1) is 12.5. The van der Waals surface area contributed by atoms with Crippen LogP contribution >= 0.6 is 0 Å². The minimum Gasteiger partial charge on any atom is -0.298 e. The molecule has 1 N–H and O–H groups in total. The fraction of sp³-hybridized carbons (Fsp3) is 0.200. The van der Waals surface area contributed by atoms with Gasteiger partial charge in [-0.1, -0.05) is 0 Å². The molecule has 2 aromatic rings. The maximum absolute atomic E-state index is 12.0. The Labute approximate surface area is 115 Å². The van der Waals surface area contributed by atoms with Crippen LogP contribution in [0.3, 0.4) is 0 Å². The Morgan fingerprint density at radius 1 is 1.30 bits per heavy atom. The topological polar surface area (TPSA) is 76.1 Å². The van der Waals surface area contributed by atoms with E-state index < -0.39 is 5.92 Å². The number of rotatable bonds is 2. The number of pyridine rings is 1. The van der Waals surface area contributed by atoms with E-state index in [-0.39, 0.29) is 11.8 Å². The molecule has 1 unspecified atom stereocenters. The summed E-state index contributed by atoms with van der Waals surface area (Å²) in [5.74, 6) is -0.978. The molecule has 5 nitrogen and oxygen atoms in total. The molecule has 0 bridgehead atoms. The number of hydrogen-bond donors (Lipinski definition) is 1. The average molecular weight is 268 g/mol. The van der Waals surface area contributed by atoms with Crippen molar-refractivity contribution in [2.75, 3.05) is 0 Å². The number of benzene rings is 1. The van der Waals surface area contributed by atoms with E-state index in [1.54, 1.807) is 30.6 Å². The van der Waals surface area contributed by atoms with Crippen LogP contribution in [0.2, 0.25) is 0 Å². The molecule has 1 fully saturated rings. The zero-order valence-electron chi connectivity index (χ0n) is 10.6. The van der Waals surface area contributed by atoms with Crippen molar-refractivity contribution in [3.05, 3.63) is 41.7 Å². The van der Waals surface area contributed by atoms with Gasteiger partial charge in [0, 0.05) is 29.8 Å². The number of nitrogens with one attached hydrogen (secondary N) is 1. The summed E-state index contributed by atoms with van der Waals surface area (Å²) in [4.78, 5) is 38.4. The molecular formula is C15H12N2O3. The van der Waals surface area contributed by atoms with Gasteiger partial charge in [0.25, 0.3) is 0 Å². The van der Waals surface area contributed by atoms with Crippen molar-refractivity contribution in [3.8, 4) is 0 Å². The van der Waals surface area contributed by atoms with Crippen LogP contribution in [0.15, 0.2) is 30.6 Å². The summed E-state index contributed by atoms with van der Waals surface area (Å²) in [7, 11) is 0. The van der Waals surface area contributed by atoms with Gasteiger partial charge in [0.15, 0.2) is 0 Å². The molecule has 0 saturated carbocycles. The Kier molecular flexibility index (Phi) is 3.02. The standard InChI is InChI=1S/C15H12N2O3/c18-8-9-5-10-3-4-16-7-13(10)12(6-9)11-1-2-14(19)17-15(11)20/h3-8,11H,1-2H2,(H,17,19,20). The Morgan fingerprint density at radius 2 is 2.15 bits per heavy atom. The minimum absolute atomic E-state index is 0.250. The third-order valence-electron chi connectivity index (χ3n) is 3.56. The van der Waals surface area contributed by atoms with Crippen LogP contribution in [0.25, 0.3) is 10.8 Å². The van der Waals surface area contributed by atoms with Crippen molar-refractivity contribution in [2.24, 2.45) is 0 Å². The maximum Gasteiger partial charge on any atom is 0.234 e. The molecule has 5 heteroatoms. The molecule has 2 heterocycles. The van der Waals surface area contributed by atoms with E-state index in [0.29, 0.717) is 18.4 Å². The number of aldehydes is 1. The Balaban J connectivity index is 2.16. The number of piperidine rings is 1.